The normalized spacial score (nSPS) is 13.3. The summed E-state index contributed by atoms with van der Waals surface area (Å²) in [6.45, 7) is 0. The molecule has 34 heavy (non-hydrogen) atoms. The molecule has 4 aromatic rings. The van der Waals surface area contributed by atoms with Gasteiger partial charge in [-0.25, -0.2) is 9.97 Å². The molecule has 1 aliphatic rings. The minimum absolute atomic E-state index is 0.203. The van der Waals surface area contributed by atoms with Gasteiger partial charge in [0, 0.05) is 23.5 Å². The molecule has 0 bridgehead atoms. The molecule has 0 spiro atoms. The van der Waals surface area contributed by atoms with Gasteiger partial charge in [0.1, 0.15) is 23.4 Å². The smallest absolute Gasteiger partial charge is 0.436 e. The number of aromatic nitrogens is 4. The number of fused-ring (bicyclic) bond motifs is 3. The molecule has 1 amide bonds. The summed E-state index contributed by atoms with van der Waals surface area (Å²) in [4.78, 5) is 21.0. The first-order valence-electron chi connectivity index (χ1n) is 10.4. The number of methoxy groups -OCH3 is 1. The molecule has 1 aromatic carbocycles. The molecule has 0 saturated carbocycles. The Morgan fingerprint density at radius 1 is 1.26 bits per heavy atom. The van der Waals surface area contributed by atoms with Crippen molar-refractivity contribution in [3.05, 3.63) is 53.3 Å². The Bertz CT molecular complexity index is 1410. The zero-order valence-electron chi connectivity index (χ0n) is 17.9. The van der Waals surface area contributed by atoms with E-state index in [1.54, 1.807) is 18.2 Å². The zero-order valence-corrected chi connectivity index (χ0v) is 17.9. The number of nitrogens with one attached hydrogen (secondary N) is 1. The van der Waals surface area contributed by atoms with Crippen LogP contribution in [0.25, 0.3) is 16.7 Å². The highest BCUT2D eigenvalue weighted by molar-refractivity contribution is 5.94. The highest BCUT2D eigenvalue weighted by Crippen LogP contribution is 2.38. The SMILES string of the molecule is COc1cc(-n2c3c(c4ncnc(N)c42)CCC3)ccc1NC(=O)Cc1cc(C(F)(F)F)no1. The van der Waals surface area contributed by atoms with Crippen molar-refractivity contribution in [1.82, 2.24) is 19.7 Å². The average molecular weight is 472 g/mol. The Labute approximate surface area is 190 Å². The lowest BCUT2D eigenvalue weighted by Gasteiger charge is -2.15. The average Bonchev–Trinajstić information content (AvgIpc) is 3.50. The summed E-state index contributed by atoms with van der Waals surface area (Å²) in [5.74, 6) is -0.0596. The molecule has 0 unspecified atom stereocenters. The number of benzene rings is 1. The number of nitrogens with zero attached hydrogens (tertiary/aromatic N) is 4. The van der Waals surface area contributed by atoms with Crippen molar-refractivity contribution in [3.63, 3.8) is 0 Å². The van der Waals surface area contributed by atoms with Crippen molar-refractivity contribution >= 4 is 28.4 Å². The molecule has 12 heteroatoms. The van der Waals surface area contributed by atoms with E-state index < -0.39 is 24.2 Å². The van der Waals surface area contributed by atoms with Gasteiger partial charge in [-0.1, -0.05) is 5.16 Å². The van der Waals surface area contributed by atoms with Crippen LogP contribution in [-0.4, -0.2) is 32.7 Å². The highest BCUT2D eigenvalue weighted by Gasteiger charge is 2.35. The van der Waals surface area contributed by atoms with Gasteiger partial charge in [-0.05, 0) is 37.0 Å². The van der Waals surface area contributed by atoms with Crippen LogP contribution in [0.1, 0.15) is 29.1 Å². The first-order chi connectivity index (χ1) is 16.3. The summed E-state index contributed by atoms with van der Waals surface area (Å²) in [7, 11) is 1.45. The van der Waals surface area contributed by atoms with Crippen molar-refractivity contribution in [3.8, 4) is 11.4 Å². The third kappa shape index (κ3) is 3.70. The first kappa shape index (κ1) is 21.7. The molecular weight excluding hydrogens is 453 g/mol. The molecule has 176 valence electrons. The fourth-order valence-corrected chi connectivity index (χ4v) is 4.29. The predicted octanol–water partition coefficient (Wildman–Crippen LogP) is 3.69. The molecule has 3 heterocycles. The number of rotatable bonds is 5. The van der Waals surface area contributed by atoms with Crippen LogP contribution >= 0.6 is 0 Å². The summed E-state index contributed by atoms with van der Waals surface area (Å²) in [6.07, 6.45) is -0.840. The van der Waals surface area contributed by atoms with E-state index in [4.69, 9.17) is 10.5 Å². The fourth-order valence-electron chi connectivity index (χ4n) is 4.29. The van der Waals surface area contributed by atoms with Gasteiger partial charge in [0.2, 0.25) is 5.91 Å². The van der Waals surface area contributed by atoms with Gasteiger partial charge in [-0.15, -0.1) is 0 Å². The second kappa shape index (κ2) is 8.04. The zero-order chi connectivity index (χ0) is 24.0. The minimum Gasteiger partial charge on any atom is -0.494 e. The summed E-state index contributed by atoms with van der Waals surface area (Å²) < 4.78 is 50.2. The second-order valence-corrected chi connectivity index (χ2v) is 7.86. The number of hydrogen-bond acceptors (Lipinski definition) is 7. The number of halogens is 3. The summed E-state index contributed by atoms with van der Waals surface area (Å²) in [5, 5.41) is 5.59. The van der Waals surface area contributed by atoms with Crippen LogP contribution in [0.15, 0.2) is 35.1 Å². The number of nitrogen functional groups attached to an aromatic ring is 1. The Morgan fingerprint density at radius 3 is 2.82 bits per heavy atom. The summed E-state index contributed by atoms with van der Waals surface area (Å²) >= 11 is 0. The number of nitrogens with two attached hydrogens (primary N) is 1. The van der Waals surface area contributed by atoms with E-state index in [0.29, 0.717) is 23.3 Å². The van der Waals surface area contributed by atoms with Gasteiger partial charge in [0.25, 0.3) is 0 Å². The van der Waals surface area contributed by atoms with E-state index in [1.165, 1.54) is 13.4 Å². The maximum absolute atomic E-state index is 12.7. The van der Waals surface area contributed by atoms with Crippen molar-refractivity contribution in [2.24, 2.45) is 0 Å². The van der Waals surface area contributed by atoms with Crippen LogP contribution in [0.4, 0.5) is 24.7 Å². The Balaban J connectivity index is 1.44. The largest absolute Gasteiger partial charge is 0.494 e. The van der Waals surface area contributed by atoms with E-state index >= 15 is 0 Å². The van der Waals surface area contributed by atoms with Gasteiger partial charge in [0.05, 0.1) is 24.7 Å². The molecule has 1 aliphatic carbocycles. The standard InChI is InChI=1S/C22H19F3N6O3/c1-33-16-7-11(31-15-4-2-3-13(15)19-20(31)21(26)28-10-27-19)5-6-14(16)29-18(32)9-12-8-17(30-34-12)22(23,24)25/h5-8,10H,2-4,9H2,1H3,(H,29,32)(H2,26,27,28). The molecule has 3 N–H and O–H groups in total. The number of anilines is 2. The third-order valence-corrected chi connectivity index (χ3v) is 5.72. The lowest BCUT2D eigenvalue weighted by atomic mass is 10.2. The van der Waals surface area contributed by atoms with Gasteiger partial charge in [-0.2, -0.15) is 13.2 Å². The monoisotopic (exact) mass is 472 g/mol. The molecule has 0 saturated heterocycles. The van der Waals surface area contributed by atoms with Crippen LogP contribution in [0, 0.1) is 0 Å². The predicted molar refractivity (Wildman–Crippen MR) is 116 cm³/mol. The van der Waals surface area contributed by atoms with E-state index in [9.17, 15) is 18.0 Å². The molecular formula is C22H19F3N6O3. The number of amides is 1. The number of aryl methyl sites for hydroxylation is 1. The van der Waals surface area contributed by atoms with Gasteiger partial charge in [-0.3, -0.25) is 4.79 Å². The Morgan fingerprint density at radius 2 is 2.09 bits per heavy atom. The minimum atomic E-state index is -4.64. The molecule has 9 nitrogen and oxygen atoms in total. The number of hydrogen-bond donors (Lipinski definition) is 2. The summed E-state index contributed by atoms with van der Waals surface area (Å²) in [5.41, 5.74) is 9.89. The second-order valence-electron chi connectivity index (χ2n) is 7.86. The third-order valence-electron chi connectivity index (χ3n) is 5.72. The van der Waals surface area contributed by atoms with Crippen molar-refractivity contribution in [2.75, 3.05) is 18.2 Å². The maximum atomic E-state index is 12.7. The van der Waals surface area contributed by atoms with Crippen LogP contribution in [-0.2, 0) is 30.2 Å². The number of carbonyl (C=O) groups is 1. The Kier molecular flexibility index (Phi) is 5.14. The quantitative estimate of drug-likeness (QED) is 0.454. The van der Waals surface area contributed by atoms with Crippen LogP contribution in [0.3, 0.4) is 0 Å². The van der Waals surface area contributed by atoms with E-state index in [1.807, 2.05) is 4.57 Å². The Hall–Kier alpha value is -4.09. The van der Waals surface area contributed by atoms with Gasteiger partial charge >= 0.3 is 6.18 Å². The lowest BCUT2D eigenvalue weighted by molar-refractivity contribution is -0.142. The van der Waals surface area contributed by atoms with Crippen molar-refractivity contribution < 1.29 is 27.2 Å². The molecule has 0 fully saturated rings. The molecule has 0 atom stereocenters. The van der Waals surface area contributed by atoms with Gasteiger partial charge < -0.3 is 24.9 Å². The fraction of sp³-hybridized carbons (Fsp3) is 0.273. The van der Waals surface area contributed by atoms with E-state index in [0.717, 1.165) is 47.2 Å². The molecule has 0 aliphatic heterocycles. The van der Waals surface area contributed by atoms with Crippen LogP contribution in [0.5, 0.6) is 5.75 Å². The van der Waals surface area contributed by atoms with E-state index in [2.05, 4.69) is 25.0 Å². The summed E-state index contributed by atoms with van der Waals surface area (Å²) in [6, 6.07) is 5.89. The van der Waals surface area contributed by atoms with E-state index in [-0.39, 0.29) is 5.76 Å². The number of alkyl halides is 3. The first-order valence-corrected chi connectivity index (χ1v) is 10.4. The van der Waals surface area contributed by atoms with Crippen LogP contribution < -0.4 is 15.8 Å². The lowest BCUT2D eigenvalue weighted by Crippen LogP contribution is -2.15. The van der Waals surface area contributed by atoms with Crippen molar-refractivity contribution in [1.29, 1.82) is 0 Å². The molecule has 0 radical (unpaired) electrons. The van der Waals surface area contributed by atoms with Crippen LogP contribution in [0.2, 0.25) is 0 Å². The maximum Gasteiger partial charge on any atom is 0.436 e. The number of ether oxygens (including phenoxy) is 1. The van der Waals surface area contributed by atoms with Crippen molar-refractivity contribution in [2.45, 2.75) is 31.9 Å². The topological polar surface area (TPSA) is 121 Å². The molecule has 3 aromatic heterocycles. The highest BCUT2D eigenvalue weighted by atomic mass is 19.4. The molecule has 5 rings (SSSR count). The number of carbonyl (C=O) groups excluding carboxylic acids is 1. The van der Waals surface area contributed by atoms with Gasteiger partial charge in [0.15, 0.2) is 11.5 Å².